The number of carbonyl (C=O) groups is 2. The lowest BCUT2D eigenvalue weighted by Crippen LogP contribution is -2.38. The number of hydrogen-bond donors (Lipinski definition) is 0. The van der Waals surface area contributed by atoms with Crippen LogP contribution in [-0.2, 0) is 9.53 Å². The molecule has 5 nitrogen and oxygen atoms in total. The highest BCUT2D eigenvalue weighted by atomic mass is 16.6. The quantitative estimate of drug-likeness (QED) is 0.778. The molecule has 1 fully saturated rings. The van der Waals surface area contributed by atoms with E-state index in [0.29, 0.717) is 0 Å². The van der Waals surface area contributed by atoms with E-state index in [0.717, 1.165) is 16.9 Å². The van der Waals surface area contributed by atoms with Gasteiger partial charge < -0.3 is 9.47 Å². The van der Waals surface area contributed by atoms with Crippen molar-refractivity contribution in [3.8, 4) is 5.75 Å². The number of rotatable bonds is 5. The van der Waals surface area contributed by atoms with Crippen molar-refractivity contribution >= 4 is 19.8 Å². The van der Waals surface area contributed by atoms with Gasteiger partial charge in [-0.25, -0.2) is 9.69 Å². The maximum atomic E-state index is 13.1. The lowest BCUT2D eigenvalue weighted by molar-refractivity contribution is -0.129. The zero-order valence-electron chi connectivity index (χ0n) is 15.2. The second kappa shape index (κ2) is 7.64. The van der Waals surface area contributed by atoms with Gasteiger partial charge in [-0.1, -0.05) is 49.4 Å². The third-order valence-electron chi connectivity index (χ3n) is 5.08. The Labute approximate surface area is 154 Å². The molecule has 2 amide bonds. The summed E-state index contributed by atoms with van der Waals surface area (Å²) in [4.78, 5) is 26.6. The summed E-state index contributed by atoms with van der Waals surface area (Å²) in [6.07, 6.45) is -0.572. The van der Waals surface area contributed by atoms with Crippen molar-refractivity contribution in [2.75, 3.05) is 13.7 Å². The van der Waals surface area contributed by atoms with Gasteiger partial charge in [0.1, 0.15) is 26.2 Å². The van der Waals surface area contributed by atoms with E-state index in [9.17, 15) is 9.59 Å². The zero-order valence-corrected chi connectivity index (χ0v) is 15.2. The summed E-state index contributed by atoms with van der Waals surface area (Å²) in [5, 5.41) is 0. The largest absolute Gasteiger partial charge is 0.497 e. The molecule has 0 bridgehead atoms. The highest BCUT2D eigenvalue weighted by Gasteiger charge is 2.41. The minimum atomic E-state index is -0.572. The topological polar surface area (TPSA) is 55.8 Å². The summed E-state index contributed by atoms with van der Waals surface area (Å²) < 4.78 is 10.3. The number of carbonyl (C=O) groups excluding carboxylic acids is 2. The molecule has 0 aliphatic carbocycles. The number of amides is 2. The van der Waals surface area contributed by atoms with E-state index < -0.39 is 6.09 Å². The number of methoxy groups -OCH3 is 1. The first kappa shape index (κ1) is 18.0. The van der Waals surface area contributed by atoms with E-state index in [4.69, 9.17) is 9.47 Å². The number of ether oxygens (including phenoxy) is 2. The van der Waals surface area contributed by atoms with Crippen LogP contribution in [0.2, 0.25) is 5.82 Å². The first-order chi connectivity index (χ1) is 12.5. The lowest BCUT2D eigenvalue weighted by Gasteiger charge is -2.26. The van der Waals surface area contributed by atoms with Crippen LogP contribution >= 0.6 is 0 Å². The van der Waals surface area contributed by atoms with E-state index in [2.05, 4.69) is 0 Å². The highest BCUT2D eigenvalue weighted by molar-refractivity contribution is 6.25. The molecular weight excluding hydrogens is 329 g/mol. The summed E-state index contributed by atoms with van der Waals surface area (Å²) >= 11 is 0. The normalized spacial score (nSPS) is 18.9. The summed E-state index contributed by atoms with van der Waals surface area (Å²) in [6.45, 7) is 2.18. The van der Waals surface area contributed by atoms with E-state index >= 15 is 0 Å². The fraction of sp³-hybridized carbons (Fsp3) is 0.300. The van der Waals surface area contributed by atoms with Crippen molar-refractivity contribution in [3.63, 3.8) is 0 Å². The molecule has 1 heterocycles. The van der Waals surface area contributed by atoms with Crippen molar-refractivity contribution in [2.24, 2.45) is 0 Å². The molecule has 0 aromatic heterocycles. The van der Waals surface area contributed by atoms with Crippen molar-refractivity contribution in [2.45, 2.75) is 24.7 Å². The molecule has 0 spiro atoms. The van der Waals surface area contributed by atoms with Gasteiger partial charge in [-0.15, -0.1) is 0 Å². The molecule has 1 aliphatic rings. The summed E-state index contributed by atoms with van der Waals surface area (Å²) in [5.41, 5.74) is 1.92. The molecule has 0 N–H and O–H groups in total. The Morgan fingerprint density at radius 3 is 2.46 bits per heavy atom. The van der Waals surface area contributed by atoms with Crippen molar-refractivity contribution < 1.29 is 19.1 Å². The van der Waals surface area contributed by atoms with Crippen molar-refractivity contribution in [1.29, 1.82) is 0 Å². The van der Waals surface area contributed by atoms with Gasteiger partial charge in [-0.3, -0.25) is 4.79 Å². The van der Waals surface area contributed by atoms with Crippen LogP contribution in [0.5, 0.6) is 5.75 Å². The van der Waals surface area contributed by atoms with Gasteiger partial charge >= 0.3 is 6.09 Å². The Morgan fingerprint density at radius 1 is 1.19 bits per heavy atom. The molecule has 134 valence electrons. The van der Waals surface area contributed by atoms with Gasteiger partial charge in [0.05, 0.1) is 7.11 Å². The van der Waals surface area contributed by atoms with Crippen LogP contribution in [0.3, 0.4) is 0 Å². The van der Waals surface area contributed by atoms with Crippen LogP contribution < -0.4 is 4.74 Å². The first-order valence-corrected chi connectivity index (χ1v) is 8.71. The predicted molar refractivity (Wildman–Crippen MR) is 101 cm³/mol. The van der Waals surface area contributed by atoms with Crippen LogP contribution in [0.1, 0.15) is 30.0 Å². The van der Waals surface area contributed by atoms with Crippen LogP contribution in [0, 0.1) is 0 Å². The average molecular weight is 351 g/mol. The molecule has 0 unspecified atom stereocenters. The second-order valence-corrected chi connectivity index (χ2v) is 6.56. The fourth-order valence-corrected chi connectivity index (χ4v) is 3.21. The van der Waals surface area contributed by atoms with Gasteiger partial charge in [0, 0.05) is 5.82 Å². The number of imide groups is 1. The van der Waals surface area contributed by atoms with Gasteiger partial charge in [0.2, 0.25) is 5.91 Å². The first-order valence-electron chi connectivity index (χ1n) is 8.71. The van der Waals surface area contributed by atoms with E-state index in [1.54, 1.807) is 7.11 Å². The molecule has 0 saturated carbocycles. The maximum absolute atomic E-state index is 13.1. The Hall–Kier alpha value is -2.76. The average Bonchev–Trinajstić information content (AvgIpc) is 3.08. The molecule has 2 aromatic rings. The SMILES string of the molecule is B[C@@H](C(=O)N1C(=O)OC[C@H]1c1ccccc1)[C@H](C)c1ccc(OC)cc1. The summed E-state index contributed by atoms with van der Waals surface area (Å²) in [6, 6.07) is 16.8. The molecule has 3 rings (SSSR count). The standard InChI is InChI=1S/C20H22BNO4/c1-13(14-8-10-16(25-2)11-9-14)18(21)19(23)22-17(12-26-20(22)24)15-6-4-3-5-7-15/h3-11,13,17-18H,12,21H2,1-2H3/t13-,17+,18-/m1/s1. The second-order valence-electron chi connectivity index (χ2n) is 6.56. The van der Waals surface area contributed by atoms with Crippen LogP contribution in [-0.4, -0.2) is 38.5 Å². The predicted octanol–water partition coefficient (Wildman–Crippen LogP) is 2.94. The monoisotopic (exact) mass is 351 g/mol. The van der Waals surface area contributed by atoms with Crippen molar-refractivity contribution in [1.82, 2.24) is 4.90 Å². The van der Waals surface area contributed by atoms with E-state index in [1.165, 1.54) is 4.90 Å². The minimum Gasteiger partial charge on any atom is -0.497 e. The Kier molecular flexibility index (Phi) is 5.31. The van der Waals surface area contributed by atoms with E-state index in [1.807, 2.05) is 69.4 Å². The Morgan fingerprint density at radius 2 is 1.85 bits per heavy atom. The number of hydrogen-bond acceptors (Lipinski definition) is 4. The number of cyclic esters (lactones) is 1. The summed E-state index contributed by atoms with van der Waals surface area (Å²) in [7, 11) is 3.47. The molecule has 26 heavy (non-hydrogen) atoms. The minimum absolute atomic E-state index is 0.0433. The molecule has 1 saturated heterocycles. The molecule has 6 heteroatoms. The van der Waals surface area contributed by atoms with Gasteiger partial charge in [-0.05, 0) is 29.2 Å². The van der Waals surface area contributed by atoms with Gasteiger partial charge in [0.15, 0.2) is 0 Å². The van der Waals surface area contributed by atoms with Crippen molar-refractivity contribution in [3.05, 3.63) is 65.7 Å². The molecule has 0 radical (unpaired) electrons. The number of benzene rings is 2. The maximum Gasteiger partial charge on any atom is 0.417 e. The molecular formula is C20H22BNO4. The Balaban J connectivity index is 1.80. The Bertz CT molecular complexity index is 778. The zero-order chi connectivity index (χ0) is 18.7. The smallest absolute Gasteiger partial charge is 0.417 e. The molecule has 1 aliphatic heterocycles. The summed E-state index contributed by atoms with van der Waals surface area (Å²) in [5.74, 6) is 0.148. The van der Waals surface area contributed by atoms with Crippen LogP contribution in [0.25, 0.3) is 0 Å². The number of nitrogens with zero attached hydrogens (tertiary/aromatic N) is 1. The van der Waals surface area contributed by atoms with Gasteiger partial charge in [0.25, 0.3) is 0 Å². The fourth-order valence-electron chi connectivity index (χ4n) is 3.21. The lowest BCUT2D eigenvalue weighted by atomic mass is 9.73. The van der Waals surface area contributed by atoms with Crippen LogP contribution in [0.4, 0.5) is 4.79 Å². The third kappa shape index (κ3) is 3.45. The molecule has 2 aromatic carbocycles. The highest BCUT2D eigenvalue weighted by Crippen LogP contribution is 2.35. The van der Waals surface area contributed by atoms with E-state index in [-0.39, 0.29) is 30.3 Å². The molecule has 3 atom stereocenters. The van der Waals surface area contributed by atoms with Crippen LogP contribution in [0.15, 0.2) is 54.6 Å². The van der Waals surface area contributed by atoms with Gasteiger partial charge in [-0.2, -0.15) is 0 Å². The third-order valence-corrected chi connectivity index (χ3v) is 5.08.